The van der Waals surface area contributed by atoms with Crippen molar-refractivity contribution in [2.24, 2.45) is 10.8 Å². The highest BCUT2D eigenvalue weighted by Gasteiger charge is 2.45. The lowest BCUT2D eigenvalue weighted by Crippen LogP contribution is -2.37. The molecule has 1 aromatic rings. The fourth-order valence-electron chi connectivity index (χ4n) is 5.78. The molecule has 0 aromatic heterocycles. The van der Waals surface area contributed by atoms with Gasteiger partial charge in [0.15, 0.2) is 5.78 Å². The first-order valence-corrected chi connectivity index (χ1v) is 12.3. The van der Waals surface area contributed by atoms with Gasteiger partial charge >= 0.3 is 0 Å². The predicted octanol–water partition coefficient (Wildman–Crippen LogP) is 6.78. The van der Waals surface area contributed by atoms with E-state index in [2.05, 4.69) is 87.5 Å². The van der Waals surface area contributed by atoms with Crippen LogP contribution in [-0.2, 0) is 26.8 Å². The molecule has 0 atom stereocenters. The second-order valence-electron chi connectivity index (χ2n) is 13.5. The van der Waals surface area contributed by atoms with Gasteiger partial charge in [-0.2, -0.15) is 0 Å². The van der Waals surface area contributed by atoms with Gasteiger partial charge in [0.1, 0.15) is 0 Å². The van der Waals surface area contributed by atoms with E-state index in [1.165, 1.54) is 11.1 Å². The predicted molar refractivity (Wildman–Crippen MR) is 137 cm³/mol. The Morgan fingerprint density at radius 3 is 1.76 bits per heavy atom. The maximum absolute atomic E-state index is 13.5. The minimum atomic E-state index is -0.350. The molecular weight excluding hydrogens is 420 g/mol. The molecule has 3 aliphatic rings. The lowest BCUT2D eigenvalue weighted by Gasteiger charge is -2.45. The van der Waals surface area contributed by atoms with Crippen LogP contribution < -0.4 is 0 Å². The zero-order valence-electron chi connectivity index (χ0n) is 22.4. The van der Waals surface area contributed by atoms with E-state index < -0.39 is 0 Å². The quantitative estimate of drug-likeness (QED) is 0.403. The van der Waals surface area contributed by atoms with E-state index in [1.807, 2.05) is 6.07 Å². The standard InChI is InChI=1S/C31H38O3/c1-28(2,3)22-12-18(13-23(27(22)34)29(4,5)6)24-16-30(7,8)20-15-19-17(14-25(32)26(19)33)11-21(20)31(24,9)10/h11-13,15H,14,16H2,1-10H3. The third-order valence-electron chi connectivity index (χ3n) is 7.92. The molecule has 180 valence electrons. The summed E-state index contributed by atoms with van der Waals surface area (Å²) < 4.78 is 0. The average Bonchev–Trinajstić information content (AvgIpc) is 2.96. The van der Waals surface area contributed by atoms with E-state index in [-0.39, 0.29) is 45.4 Å². The number of hydrogen-bond acceptors (Lipinski definition) is 3. The molecule has 0 unspecified atom stereocenters. The summed E-state index contributed by atoms with van der Waals surface area (Å²) in [6.45, 7) is 21.5. The molecule has 0 aliphatic heterocycles. The summed E-state index contributed by atoms with van der Waals surface area (Å²) >= 11 is 0. The number of carbonyl (C=O) groups excluding carboxylic acids is 3. The molecule has 0 spiro atoms. The molecule has 0 amide bonds. The van der Waals surface area contributed by atoms with Crippen LogP contribution in [0.25, 0.3) is 0 Å². The van der Waals surface area contributed by atoms with E-state index in [0.717, 1.165) is 34.3 Å². The number of fused-ring (bicyclic) bond motifs is 2. The summed E-state index contributed by atoms with van der Waals surface area (Å²) in [5.41, 5.74) is 6.86. The van der Waals surface area contributed by atoms with Crippen molar-refractivity contribution in [2.45, 2.75) is 92.9 Å². The van der Waals surface area contributed by atoms with Crippen LogP contribution in [0.2, 0.25) is 0 Å². The Bertz CT molecular complexity index is 1210. The Balaban J connectivity index is 2.01. The van der Waals surface area contributed by atoms with Crippen LogP contribution in [0.1, 0.15) is 103 Å². The number of carbonyl (C=O) groups is 3. The van der Waals surface area contributed by atoms with Crippen LogP contribution in [0.4, 0.5) is 0 Å². The highest BCUT2D eigenvalue weighted by atomic mass is 16.2. The van der Waals surface area contributed by atoms with Crippen molar-refractivity contribution in [3.63, 3.8) is 0 Å². The topological polar surface area (TPSA) is 51.2 Å². The van der Waals surface area contributed by atoms with Crippen LogP contribution in [0, 0.1) is 10.8 Å². The van der Waals surface area contributed by atoms with E-state index >= 15 is 0 Å². The molecule has 0 saturated heterocycles. The van der Waals surface area contributed by atoms with Crippen LogP contribution >= 0.6 is 0 Å². The maximum atomic E-state index is 13.5. The molecule has 0 N–H and O–H groups in total. The van der Waals surface area contributed by atoms with Gasteiger partial charge in [-0.3, -0.25) is 14.4 Å². The smallest absolute Gasteiger partial charge is 0.229 e. The van der Waals surface area contributed by atoms with Crippen molar-refractivity contribution < 1.29 is 14.4 Å². The Hall–Kier alpha value is -2.55. The summed E-state index contributed by atoms with van der Waals surface area (Å²) in [5, 5.41) is 0. The molecule has 34 heavy (non-hydrogen) atoms. The number of benzene rings is 1. The van der Waals surface area contributed by atoms with Crippen LogP contribution in [0.3, 0.4) is 0 Å². The van der Waals surface area contributed by atoms with Gasteiger partial charge in [0.25, 0.3) is 0 Å². The highest BCUT2D eigenvalue weighted by Crippen LogP contribution is 2.52. The fourth-order valence-corrected chi connectivity index (χ4v) is 5.78. The Morgan fingerprint density at radius 1 is 0.735 bits per heavy atom. The van der Waals surface area contributed by atoms with E-state index in [1.54, 1.807) is 0 Å². The van der Waals surface area contributed by atoms with Crippen molar-refractivity contribution in [2.75, 3.05) is 0 Å². The molecule has 0 bridgehead atoms. The van der Waals surface area contributed by atoms with E-state index in [4.69, 9.17) is 0 Å². The van der Waals surface area contributed by atoms with Crippen molar-refractivity contribution in [3.05, 3.63) is 68.8 Å². The van der Waals surface area contributed by atoms with Gasteiger partial charge in [-0.05, 0) is 63.1 Å². The lowest BCUT2D eigenvalue weighted by molar-refractivity contribution is -0.114. The fraction of sp³-hybridized carbons (Fsp3) is 0.516. The second-order valence-corrected chi connectivity index (χ2v) is 13.5. The number of allylic oxidation sites excluding steroid dienone is 6. The molecule has 3 nitrogen and oxygen atoms in total. The first-order chi connectivity index (χ1) is 15.4. The molecule has 1 aromatic carbocycles. The van der Waals surface area contributed by atoms with Gasteiger partial charge < -0.3 is 0 Å². The summed E-state index contributed by atoms with van der Waals surface area (Å²) in [5.74, 6) is -0.517. The summed E-state index contributed by atoms with van der Waals surface area (Å²) in [4.78, 5) is 38.1. The SMILES string of the molecule is CC(C)(C)C1=CC(=C2CC(C)(C)c3cc4c(cc3C2(C)C)CC(=O)C4=O)C=C(C(C)(C)C)C1=O. The van der Waals surface area contributed by atoms with Crippen molar-refractivity contribution in [1.29, 1.82) is 0 Å². The molecule has 3 aliphatic carbocycles. The largest absolute Gasteiger partial charge is 0.290 e. The van der Waals surface area contributed by atoms with E-state index in [9.17, 15) is 14.4 Å². The monoisotopic (exact) mass is 458 g/mol. The molecule has 0 radical (unpaired) electrons. The van der Waals surface area contributed by atoms with Crippen molar-refractivity contribution >= 4 is 17.3 Å². The van der Waals surface area contributed by atoms with Gasteiger partial charge in [-0.15, -0.1) is 0 Å². The number of ketones is 3. The number of Topliss-reactive ketones (excluding diaryl/α,β-unsaturated/α-hetero) is 3. The normalized spacial score (nSPS) is 21.9. The summed E-state index contributed by atoms with van der Waals surface area (Å²) in [7, 11) is 0. The highest BCUT2D eigenvalue weighted by molar-refractivity contribution is 6.47. The first-order valence-electron chi connectivity index (χ1n) is 12.3. The Labute approximate surface area is 204 Å². The molecule has 3 heteroatoms. The second kappa shape index (κ2) is 7.23. The molecular formula is C31H38O3. The molecule has 0 fully saturated rings. The summed E-state index contributed by atoms with van der Waals surface area (Å²) in [6, 6.07) is 4.09. The van der Waals surface area contributed by atoms with Gasteiger partial charge in [-0.1, -0.05) is 80.9 Å². The third-order valence-corrected chi connectivity index (χ3v) is 7.92. The number of rotatable bonds is 0. The molecule has 4 rings (SSSR count). The lowest BCUT2D eigenvalue weighted by atomic mass is 9.58. The van der Waals surface area contributed by atoms with Crippen molar-refractivity contribution in [1.82, 2.24) is 0 Å². The third kappa shape index (κ3) is 3.68. The number of hydrogen-bond donors (Lipinski definition) is 0. The van der Waals surface area contributed by atoms with Crippen LogP contribution in [0.15, 0.2) is 46.6 Å². The van der Waals surface area contributed by atoms with Crippen LogP contribution in [0.5, 0.6) is 0 Å². The zero-order valence-corrected chi connectivity index (χ0v) is 22.4. The Kier molecular flexibility index (Phi) is 5.22. The van der Waals surface area contributed by atoms with Gasteiger partial charge in [-0.25, -0.2) is 0 Å². The molecule has 0 saturated carbocycles. The van der Waals surface area contributed by atoms with Gasteiger partial charge in [0.2, 0.25) is 11.6 Å². The first kappa shape index (κ1) is 24.6. The van der Waals surface area contributed by atoms with E-state index in [0.29, 0.717) is 5.56 Å². The van der Waals surface area contributed by atoms with Crippen molar-refractivity contribution in [3.8, 4) is 0 Å². The molecule has 0 heterocycles. The maximum Gasteiger partial charge on any atom is 0.229 e. The summed E-state index contributed by atoms with van der Waals surface area (Å²) in [6.07, 6.45) is 5.26. The Morgan fingerprint density at radius 2 is 1.26 bits per heavy atom. The zero-order chi connectivity index (χ0) is 25.6. The van der Waals surface area contributed by atoms with Crippen LogP contribution in [-0.4, -0.2) is 17.3 Å². The van der Waals surface area contributed by atoms with Gasteiger partial charge in [0, 0.05) is 28.5 Å². The van der Waals surface area contributed by atoms with Gasteiger partial charge in [0.05, 0.1) is 0 Å². The minimum Gasteiger partial charge on any atom is -0.290 e. The minimum absolute atomic E-state index is 0.146. The average molecular weight is 459 g/mol.